The van der Waals surface area contributed by atoms with Crippen molar-refractivity contribution >= 4 is 17.4 Å². The highest BCUT2D eigenvalue weighted by atomic mass is 16.5. The Morgan fingerprint density at radius 3 is 2.55 bits per heavy atom. The first-order valence-electron chi connectivity index (χ1n) is 11.0. The minimum Gasteiger partial charge on any atom is -0.507 e. The van der Waals surface area contributed by atoms with Crippen molar-refractivity contribution in [3.05, 3.63) is 70.3 Å². The topological polar surface area (TPSA) is 66.8 Å². The van der Waals surface area contributed by atoms with Crippen molar-refractivity contribution in [1.82, 2.24) is 4.90 Å². The molecule has 0 spiro atoms. The van der Waals surface area contributed by atoms with Crippen LogP contribution in [-0.4, -0.2) is 34.8 Å². The zero-order valence-corrected chi connectivity index (χ0v) is 18.8. The number of ether oxygens (including phenoxy) is 1. The van der Waals surface area contributed by atoms with Crippen molar-refractivity contribution in [2.24, 2.45) is 0 Å². The summed E-state index contributed by atoms with van der Waals surface area (Å²) in [7, 11) is 0. The fourth-order valence-corrected chi connectivity index (χ4v) is 3.92. The number of benzene rings is 2. The molecule has 0 saturated carbocycles. The molecule has 1 heterocycles. The third kappa shape index (κ3) is 4.66. The molecule has 0 bridgehead atoms. The Kier molecular flexibility index (Phi) is 7.16. The van der Waals surface area contributed by atoms with Gasteiger partial charge < -0.3 is 14.7 Å². The van der Waals surface area contributed by atoms with Crippen LogP contribution in [0.4, 0.5) is 0 Å². The summed E-state index contributed by atoms with van der Waals surface area (Å²) in [5, 5.41) is 11.2. The summed E-state index contributed by atoms with van der Waals surface area (Å²) in [6.07, 6.45) is 2.55. The quantitative estimate of drug-likeness (QED) is 0.356. The first-order valence-corrected chi connectivity index (χ1v) is 11.0. The summed E-state index contributed by atoms with van der Waals surface area (Å²) in [6.45, 7) is 8.93. The zero-order chi connectivity index (χ0) is 22.5. The van der Waals surface area contributed by atoms with Gasteiger partial charge in [-0.1, -0.05) is 50.1 Å². The Morgan fingerprint density at radius 2 is 1.84 bits per heavy atom. The Labute approximate surface area is 184 Å². The second-order valence-corrected chi connectivity index (χ2v) is 8.09. The van der Waals surface area contributed by atoms with Gasteiger partial charge in [0, 0.05) is 12.1 Å². The van der Waals surface area contributed by atoms with Gasteiger partial charge in [-0.2, -0.15) is 0 Å². The summed E-state index contributed by atoms with van der Waals surface area (Å²) in [5.41, 5.74) is 3.30. The number of amides is 1. The van der Waals surface area contributed by atoms with Crippen LogP contribution in [0, 0.1) is 13.8 Å². The standard InChI is InChI=1S/C26H31NO4/c1-5-7-13-27-23(19-9-8-10-20(16-19)31-14-6-2)22(25(29)26(27)30)24(28)21-15-17(3)11-12-18(21)4/h8-12,15-16,23,28H,5-7,13-14H2,1-4H3/b24-22+. The minimum absolute atomic E-state index is 0.122. The molecule has 0 radical (unpaired) electrons. The van der Waals surface area contributed by atoms with Crippen molar-refractivity contribution in [2.45, 2.75) is 53.0 Å². The maximum Gasteiger partial charge on any atom is 0.295 e. The average Bonchev–Trinajstić information content (AvgIpc) is 3.02. The van der Waals surface area contributed by atoms with Gasteiger partial charge in [0.25, 0.3) is 11.7 Å². The second-order valence-electron chi connectivity index (χ2n) is 8.09. The van der Waals surface area contributed by atoms with Crippen LogP contribution in [0.3, 0.4) is 0 Å². The predicted molar refractivity (Wildman–Crippen MR) is 122 cm³/mol. The van der Waals surface area contributed by atoms with E-state index >= 15 is 0 Å². The highest BCUT2D eigenvalue weighted by Gasteiger charge is 2.45. The number of carbonyl (C=O) groups is 2. The van der Waals surface area contributed by atoms with Gasteiger partial charge in [0.2, 0.25) is 0 Å². The Hall–Kier alpha value is -3.08. The monoisotopic (exact) mass is 421 g/mol. The molecule has 2 aromatic carbocycles. The van der Waals surface area contributed by atoms with Crippen LogP contribution in [0.25, 0.3) is 5.76 Å². The van der Waals surface area contributed by atoms with Crippen LogP contribution in [0.1, 0.15) is 61.4 Å². The summed E-state index contributed by atoms with van der Waals surface area (Å²) in [6, 6.07) is 12.5. The van der Waals surface area contributed by atoms with E-state index in [-0.39, 0.29) is 11.3 Å². The molecule has 1 unspecified atom stereocenters. The molecule has 1 N–H and O–H groups in total. The molecule has 2 aromatic rings. The highest BCUT2D eigenvalue weighted by molar-refractivity contribution is 6.46. The minimum atomic E-state index is -0.642. The lowest BCUT2D eigenvalue weighted by Gasteiger charge is -2.25. The van der Waals surface area contributed by atoms with E-state index in [9.17, 15) is 14.7 Å². The van der Waals surface area contributed by atoms with Crippen LogP contribution >= 0.6 is 0 Å². The van der Waals surface area contributed by atoms with Gasteiger partial charge in [-0.3, -0.25) is 9.59 Å². The van der Waals surface area contributed by atoms with E-state index in [1.807, 2.05) is 70.2 Å². The van der Waals surface area contributed by atoms with Crippen molar-refractivity contribution in [3.8, 4) is 5.75 Å². The number of aryl methyl sites for hydroxylation is 2. The first kappa shape index (κ1) is 22.6. The lowest BCUT2D eigenvalue weighted by molar-refractivity contribution is -0.139. The average molecular weight is 422 g/mol. The van der Waals surface area contributed by atoms with Gasteiger partial charge in [0.15, 0.2) is 0 Å². The number of rotatable bonds is 8. The number of aliphatic hydroxyl groups is 1. The van der Waals surface area contributed by atoms with Crippen molar-refractivity contribution < 1.29 is 19.4 Å². The molecule has 0 aromatic heterocycles. The molecule has 1 amide bonds. The van der Waals surface area contributed by atoms with Crippen LogP contribution in [0.5, 0.6) is 5.75 Å². The maximum atomic E-state index is 13.1. The summed E-state index contributed by atoms with van der Waals surface area (Å²) >= 11 is 0. The van der Waals surface area contributed by atoms with Crippen LogP contribution in [0.2, 0.25) is 0 Å². The predicted octanol–water partition coefficient (Wildman–Crippen LogP) is 5.31. The van der Waals surface area contributed by atoms with Crippen LogP contribution in [-0.2, 0) is 9.59 Å². The number of ketones is 1. The smallest absolute Gasteiger partial charge is 0.295 e. The van der Waals surface area contributed by atoms with Crippen LogP contribution < -0.4 is 4.74 Å². The number of likely N-dealkylation sites (tertiary alicyclic amines) is 1. The van der Waals surface area contributed by atoms with Crippen molar-refractivity contribution in [2.75, 3.05) is 13.2 Å². The molecule has 164 valence electrons. The number of hydrogen-bond acceptors (Lipinski definition) is 4. The number of Topliss-reactive ketones (excluding diaryl/α,β-unsaturated/α-hetero) is 1. The molecule has 1 fully saturated rings. The van der Waals surface area contributed by atoms with E-state index in [1.54, 1.807) is 4.90 Å². The molecular weight excluding hydrogens is 390 g/mol. The van der Waals surface area contributed by atoms with Gasteiger partial charge in [0.05, 0.1) is 18.2 Å². The van der Waals surface area contributed by atoms with Gasteiger partial charge in [-0.25, -0.2) is 0 Å². The SMILES string of the molecule is CCCCN1C(=O)C(=O)/C(=C(/O)c2cc(C)ccc2C)C1c1cccc(OCCC)c1. The van der Waals surface area contributed by atoms with E-state index in [0.717, 1.165) is 36.0 Å². The number of aliphatic hydroxyl groups excluding tert-OH is 1. The molecule has 0 aliphatic carbocycles. The molecule has 5 nitrogen and oxygen atoms in total. The molecule has 1 aliphatic rings. The largest absolute Gasteiger partial charge is 0.507 e. The van der Waals surface area contributed by atoms with Gasteiger partial charge >= 0.3 is 0 Å². The molecule has 5 heteroatoms. The lowest BCUT2D eigenvalue weighted by atomic mass is 9.93. The second kappa shape index (κ2) is 9.82. The lowest BCUT2D eigenvalue weighted by Crippen LogP contribution is -2.30. The molecule has 31 heavy (non-hydrogen) atoms. The van der Waals surface area contributed by atoms with Gasteiger partial charge in [0.1, 0.15) is 11.5 Å². The van der Waals surface area contributed by atoms with E-state index in [4.69, 9.17) is 4.74 Å². The molecule has 3 rings (SSSR count). The fraction of sp³-hybridized carbons (Fsp3) is 0.385. The number of carbonyl (C=O) groups excluding carboxylic acids is 2. The highest BCUT2D eigenvalue weighted by Crippen LogP contribution is 2.40. The molecular formula is C26H31NO4. The van der Waals surface area contributed by atoms with Gasteiger partial charge in [-0.05, 0) is 56.0 Å². The van der Waals surface area contributed by atoms with Gasteiger partial charge in [-0.15, -0.1) is 0 Å². The first-order chi connectivity index (χ1) is 14.9. The third-order valence-electron chi connectivity index (χ3n) is 5.59. The Bertz CT molecular complexity index is 1010. The number of hydrogen-bond donors (Lipinski definition) is 1. The van der Waals surface area contributed by atoms with Crippen molar-refractivity contribution in [3.63, 3.8) is 0 Å². The zero-order valence-electron chi connectivity index (χ0n) is 18.8. The van der Waals surface area contributed by atoms with E-state index < -0.39 is 17.7 Å². The Balaban J connectivity index is 2.17. The third-order valence-corrected chi connectivity index (χ3v) is 5.59. The van der Waals surface area contributed by atoms with Crippen molar-refractivity contribution in [1.29, 1.82) is 0 Å². The maximum absolute atomic E-state index is 13.1. The number of nitrogens with zero attached hydrogens (tertiary/aromatic N) is 1. The summed E-state index contributed by atoms with van der Waals surface area (Å²) in [5.74, 6) is -0.639. The summed E-state index contributed by atoms with van der Waals surface area (Å²) in [4.78, 5) is 27.6. The van der Waals surface area contributed by atoms with Crippen LogP contribution in [0.15, 0.2) is 48.0 Å². The van der Waals surface area contributed by atoms with E-state index in [2.05, 4.69) is 0 Å². The normalized spacial score (nSPS) is 17.9. The Morgan fingerprint density at radius 1 is 1.06 bits per heavy atom. The molecule has 1 aliphatic heterocycles. The molecule has 1 atom stereocenters. The number of unbranched alkanes of at least 4 members (excludes halogenated alkanes) is 1. The van der Waals surface area contributed by atoms with E-state index in [0.29, 0.717) is 24.5 Å². The fourth-order valence-electron chi connectivity index (χ4n) is 3.92. The van der Waals surface area contributed by atoms with E-state index in [1.165, 1.54) is 0 Å². The molecule has 1 saturated heterocycles. The summed E-state index contributed by atoms with van der Waals surface area (Å²) < 4.78 is 5.77.